The van der Waals surface area contributed by atoms with E-state index in [2.05, 4.69) is 5.32 Å². The molecule has 4 rings (SSSR count). The van der Waals surface area contributed by atoms with Crippen molar-refractivity contribution < 1.29 is 14.3 Å². The first kappa shape index (κ1) is 25.3. The van der Waals surface area contributed by atoms with Gasteiger partial charge in [0.2, 0.25) is 0 Å². The minimum Gasteiger partial charge on any atom is -0.496 e. The van der Waals surface area contributed by atoms with Crippen LogP contribution in [0, 0.1) is 0 Å². The number of methoxy groups -OCH3 is 1. The minimum absolute atomic E-state index is 0.131. The summed E-state index contributed by atoms with van der Waals surface area (Å²) in [6.07, 6.45) is 9.56. The molecule has 1 heterocycles. The van der Waals surface area contributed by atoms with Crippen LogP contribution in [0.15, 0.2) is 48.5 Å². The van der Waals surface area contributed by atoms with Crippen LogP contribution < -0.4 is 10.1 Å². The number of aryl methyl sites for hydroxylation is 1. The van der Waals surface area contributed by atoms with Gasteiger partial charge in [-0.2, -0.15) is 0 Å². The lowest BCUT2D eigenvalue weighted by molar-refractivity contribution is 0.0911. The zero-order valence-electron chi connectivity index (χ0n) is 20.5. The summed E-state index contributed by atoms with van der Waals surface area (Å²) in [7, 11) is 1.56. The van der Waals surface area contributed by atoms with Crippen LogP contribution in [-0.2, 0) is 6.54 Å². The van der Waals surface area contributed by atoms with Crippen LogP contribution in [0.2, 0.25) is 0 Å². The number of aromatic nitrogens is 1. The van der Waals surface area contributed by atoms with E-state index in [1.165, 1.54) is 19.3 Å². The summed E-state index contributed by atoms with van der Waals surface area (Å²) in [5.41, 5.74) is 2.24. The Labute approximate surface area is 212 Å². The van der Waals surface area contributed by atoms with E-state index in [1.54, 1.807) is 19.2 Å². The Morgan fingerprint density at radius 1 is 0.971 bits per heavy atom. The molecule has 0 atom stereocenters. The van der Waals surface area contributed by atoms with Gasteiger partial charge in [-0.15, -0.1) is 11.6 Å². The number of alkyl halides is 1. The van der Waals surface area contributed by atoms with Crippen molar-refractivity contribution in [3.8, 4) is 5.75 Å². The number of para-hydroxylation sites is 2. The average Bonchev–Trinajstić information content (AvgIpc) is 3.19. The molecule has 0 saturated heterocycles. The number of hydrogen-bond acceptors (Lipinski definition) is 3. The van der Waals surface area contributed by atoms with Crippen molar-refractivity contribution in [2.24, 2.45) is 0 Å². The zero-order valence-corrected chi connectivity index (χ0v) is 21.3. The fourth-order valence-electron chi connectivity index (χ4n) is 5.19. The molecule has 0 radical (unpaired) electrons. The third kappa shape index (κ3) is 5.72. The molecule has 186 valence electrons. The first-order valence-electron chi connectivity index (χ1n) is 12.8. The van der Waals surface area contributed by atoms with E-state index in [9.17, 15) is 9.59 Å². The second-order valence-corrected chi connectivity index (χ2v) is 9.71. The van der Waals surface area contributed by atoms with Crippen molar-refractivity contribution >= 4 is 34.2 Å². The fourth-order valence-corrected chi connectivity index (χ4v) is 5.38. The maximum atomic E-state index is 14.0. The number of fused-ring (bicyclic) bond motifs is 1. The molecule has 35 heavy (non-hydrogen) atoms. The van der Waals surface area contributed by atoms with Crippen molar-refractivity contribution in [1.82, 2.24) is 9.88 Å². The summed E-state index contributed by atoms with van der Waals surface area (Å²) in [5, 5.41) is 4.09. The SMILES string of the molecule is COc1ccccc1C(=O)c1c(C(=O)NC2CCCCCCC2)n(CCCCCl)c2ccccc12. The summed E-state index contributed by atoms with van der Waals surface area (Å²) in [6.45, 7) is 0.625. The highest BCUT2D eigenvalue weighted by molar-refractivity contribution is 6.23. The van der Waals surface area contributed by atoms with E-state index >= 15 is 0 Å². The van der Waals surface area contributed by atoms with Gasteiger partial charge in [0, 0.05) is 29.4 Å². The van der Waals surface area contributed by atoms with Gasteiger partial charge in [0.05, 0.1) is 18.2 Å². The number of rotatable bonds is 9. The molecule has 1 amide bonds. The summed E-state index contributed by atoms with van der Waals surface area (Å²) in [5.74, 6) is 0.701. The summed E-state index contributed by atoms with van der Waals surface area (Å²) >= 11 is 5.96. The number of unbranched alkanes of at least 4 members (excludes halogenated alkanes) is 1. The Kier molecular flexibility index (Phi) is 8.86. The highest BCUT2D eigenvalue weighted by Crippen LogP contribution is 2.32. The molecular weight excluding hydrogens is 460 g/mol. The van der Waals surface area contributed by atoms with Crippen LogP contribution in [0.25, 0.3) is 10.9 Å². The van der Waals surface area contributed by atoms with Crippen molar-refractivity contribution in [2.75, 3.05) is 13.0 Å². The number of carbonyl (C=O) groups excluding carboxylic acids is 2. The lowest BCUT2D eigenvalue weighted by Gasteiger charge is -2.22. The molecular formula is C29H35ClN2O3. The van der Waals surface area contributed by atoms with Gasteiger partial charge in [0.25, 0.3) is 5.91 Å². The van der Waals surface area contributed by atoms with Gasteiger partial charge in [-0.1, -0.05) is 62.4 Å². The zero-order chi connectivity index (χ0) is 24.6. The second-order valence-electron chi connectivity index (χ2n) is 9.33. The quantitative estimate of drug-likeness (QED) is 0.203. The third-order valence-corrected chi connectivity index (χ3v) is 7.24. The van der Waals surface area contributed by atoms with Crippen LogP contribution in [0.5, 0.6) is 5.75 Å². The van der Waals surface area contributed by atoms with Gasteiger partial charge in [0.15, 0.2) is 5.78 Å². The lowest BCUT2D eigenvalue weighted by atomic mass is 9.96. The Balaban J connectivity index is 1.81. The number of carbonyl (C=O) groups is 2. The molecule has 1 N–H and O–H groups in total. The van der Waals surface area contributed by atoms with Gasteiger partial charge < -0.3 is 14.6 Å². The molecule has 3 aromatic rings. The van der Waals surface area contributed by atoms with Crippen molar-refractivity contribution in [3.63, 3.8) is 0 Å². The van der Waals surface area contributed by atoms with E-state index in [-0.39, 0.29) is 17.7 Å². The Morgan fingerprint density at radius 2 is 1.66 bits per heavy atom. The number of hydrogen-bond donors (Lipinski definition) is 1. The van der Waals surface area contributed by atoms with Gasteiger partial charge in [0.1, 0.15) is 11.4 Å². The molecule has 6 heteroatoms. The fraction of sp³-hybridized carbons (Fsp3) is 0.448. The molecule has 1 aliphatic carbocycles. The van der Waals surface area contributed by atoms with Crippen LogP contribution in [0.1, 0.15) is 84.2 Å². The Hall–Kier alpha value is -2.79. The molecule has 0 unspecified atom stereocenters. The normalized spacial score (nSPS) is 14.9. The number of nitrogens with zero attached hydrogens (tertiary/aromatic N) is 1. The number of ketones is 1. The van der Waals surface area contributed by atoms with Crippen LogP contribution in [-0.4, -0.2) is 35.3 Å². The Morgan fingerprint density at radius 3 is 2.40 bits per heavy atom. The van der Waals surface area contributed by atoms with Gasteiger partial charge in [-0.3, -0.25) is 9.59 Å². The van der Waals surface area contributed by atoms with Crippen LogP contribution in [0.4, 0.5) is 0 Å². The summed E-state index contributed by atoms with van der Waals surface area (Å²) < 4.78 is 7.51. The maximum absolute atomic E-state index is 14.0. The van der Waals surface area contributed by atoms with Gasteiger partial charge >= 0.3 is 0 Å². The highest BCUT2D eigenvalue weighted by Gasteiger charge is 2.30. The van der Waals surface area contributed by atoms with E-state index in [1.807, 2.05) is 41.0 Å². The van der Waals surface area contributed by atoms with E-state index < -0.39 is 0 Å². The van der Waals surface area contributed by atoms with Gasteiger partial charge in [-0.05, 0) is 43.9 Å². The molecule has 0 spiro atoms. The van der Waals surface area contributed by atoms with E-state index in [0.717, 1.165) is 49.4 Å². The first-order chi connectivity index (χ1) is 17.2. The highest BCUT2D eigenvalue weighted by atomic mass is 35.5. The minimum atomic E-state index is -0.197. The average molecular weight is 495 g/mol. The molecule has 1 fully saturated rings. The number of amides is 1. The van der Waals surface area contributed by atoms with Crippen LogP contribution in [0.3, 0.4) is 0 Å². The molecule has 1 aromatic heterocycles. The lowest BCUT2D eigenvalue weighted by Crippen LogP contribution is -2.37. The molecule has 2 aromatic carbocycles. The van der Waals surface area contributed by atoms with E-state index in [0.29, 0.717) is 35.0 Å². The molecule has 5 nitrogen and oxygen atoms in total. The topological polar surface area (TPSA) is 60.3 Å². The summed E-state index contributed by atoms with van der Waals surface area (Å²) in [4.78, 5) is 27.9. The third-order valence-electron chi connectivity index (χ3n) is 6.97. The van der Waals surface area contributed by atoms with Crippen molar-refractivity contribution in [3.05, 3.63) is 65.4 Å². The number of nitrogens with one attached hydrogen (secondary N) is 1. The number of benzene rings is 2. The predicted molar refractivity (Wildman–Crippen MR) is 142 cm³/mol. The standard InChI is InChI=1S/C29H35ClN2O3/c1-35-25-18-10-8-16-23(25)28(33)26-22-15-7-9-17-24(22)32(20-12-11-19-30)27(26)29(34)31-21-13-5-3-2-4-6-14-21/h7-10,15-18,21H,2-6,11-14,19-20H2,1H3,(H,31,34). The largest absolute Gasteiger partial charge is 0.496 e. The van der Waals surface area contributed by atoms with E-state index in [4.69, 9.17) is 16.3 Å². The Bertz CT molecular complexity index is 1160. The molecule has 0 bridgehead atoms. The smallest absolute Gasteiger partial charge is 0.268 e. The molecule has 0 aliphatic heterocycles. The van der Waals surface area contributed by atoms with Crippen molar-refractivity contribution in [2.45, 2.75) is 70.4 Å². The first-order valence-corrected chi connectivity index (χ1v) is 13.3. The van der Waals surface area contributed by atoms with Crippen molar-refractivity contribution in [1.29, 1.82) is 0 Å². The number of ether oxygens (including phenoxy) is 1. The summed E-state index contributed by atoms with van der Waals surface area (Å²) in [6, 6.07) is 15.1. The predicted octanol–water partition coefficient (Wildman–Crippen LogP) is 6.74. The molecule has 1 aliphatic rings. The maximum Gasteiger partial charge on any atom is 0.268 e. The van der Waals surface area contributed by atoms with Gasteiger partial charge in [-0.25, -0.2) is 0 Å². The molecule has 1 saturated carbocycles. The second kappa shape index (κ2) is 12.3. The monoisotopic (exact) mass is 494 g/mol. The number of halogens is 1. The van der Waals surface area contributed by atoms with Crippen LogP contribution >= 0.6 is 11.6 Å².